The van der Waals surface area contributed by atoms with Crippen LogP contribution >= 0.6 is 12.2 Å². The monoisotopic (exact) mass is 395 g/mol. The van der Waals surface area contributed by atoms with Gasteiger partial charge in [0.25, 0.3) is 5.91 Å². The Hall–Kier alpha value is -3.39. The van der Waals surface area contributed by atoms with Gasteiger partial charge in [-0.25, -0.2) is 4.79 Å². The van der Waals surface area contributed by atoms with Crippen LogP contribution in [0.3, 0.4) is 0 Å². The van der Waals surface area contributed by atoms with Gasteiger partial charge in [0.1, 0.15) is 0 Å². The van der Waals surface area contributed by atoms with Crippen molar-refractivity contribution in [1.82, 2.24) is 5.32 Å². The third-order valence-corrected chi connectivity index (χ3v) is 4.25. The molecule has 0 aliphatic carbocycles. The first-order chi connectivity index (χ1) is 13.5. The summed E-state index contributed by atoms with van der Waals surface area (Å²) in [6.07, 6.45) is 1.27. The zero-order valence-electron chi connectivity index (χ0n) is 15.0. The highest BCUT2D eigenvalue weighted by molar-refractivity contribution is 7.80. The van der Waals surface area contributed by atoms with E-state index in [1.807, 2.05) is 6.07 Å². The van der Waals surface area contributed by atoms with Crippen molar-refractivity contribution in [3.8, 4) is 0 Å². The van der Waals surface area contributed by atoms with Crippen LogP contribution in [-0.2, 0) is 14.3 Å². The van der Waals surface area contributed by atoms with Gasteiger partial charge in [0, 0.05) is 6.21 Å². The zero-order valence-corrected chi connectivity index (χ0v) is 15.8. The van der Waals surface area contributed by atoms with Crippen LogP contribution in [0.2, 0.25) is 0 Å². The topological polar surface area (TPSA) is 88.1 Å². The minimum atomic E-state index is -1.11. The second-order valence-corrected chi connectivity index (χ2v) is 6.21. The van der Waals surface area contributed by atoms with Gasteiger partial charge in [0.15, 0.2) is 11.0 Å². The Morgan fingerprint density at radius 3 is 2.50 bits per heavy atom. The molecule has 0 saturated carbocycles. The molecule has 7 nitrogen and oxygen atoms in total. The van der Waals surface area contributed by atoms with E-state index in [0.29, 0.717) is 16.9 Å². The lowest BCUT2D eigenvalue weighted by atomic mass is 10.1. The maximum atomic E-state index is 12.8. The molecule has 142 valence electrons. The molecule has 8 heteroatoms. The van der Waals surface area contributed by atoms with E-state index in [1.165, 1.54) is 11.1 Å². The highest BCUT2D eigenvalue weighted by Crippen LogP contribution is 2.21. The summed E-state index contributed by atoms with van der Waals surface area (Å²) in [5, 5.41) is 2.56. The van der Waals surface area contributed by atoms with Crippen LogP contribution in [-0.4, -0.2) is 35.7 Å². The fraction of sp³-hybridized carbons (Fsp3) is 0.150. The quantitative estimate of drug-likeness (QED) is 0.364. The number of anilines is 1. The molecule has 1 N–H and O–H groups in total. The molecule has 0 bridgehead atoms. The molecular weight excluding hydrogens is 378 g/mol. The van der Waals surface area contributed by atoms with E-state index in [0.717, 1.165) is 0 Å². The Kier molecular flexibility index (Phi) is 5.90. The van der Waals surface area contributed by atoms with Crippen LogP contribution in [0.5, 0.6) is 0 Å². The van der Waals surface area contributed by atoms with E-state index in [1.54, 1.807) is 55.5 Å². The van der Waals surface area contributed by atoms with Gasteiger partial charge in [-0.05, 0) is 55.5 Å². The number of hydrogen-bond acceptors (Lipinski definition) is 6. The van der Waals surface area contributed by atoms with Gasteiger partial charge in [0.05, 0.1) is 23.5 Å². The minimum absolute atomic E-state index is 0.0321. The van der Waals surface area contributed by atoms with E-state index in [-0.39, 0.29) is 11.7 Å². The molecule has 0 spiro atoms. The largest absolute Gasteiger partial charge is 0.462 e. The Labute approximate surface area is 167 Å². The lowest BCUT2D eigenvalue weighted by molar-refractivity contribution is -0.130. The second-order valence-electron chi connectivity index (χ2n) is 5.83. The first-order valence-corrected chi connectivity index (χ1v) is 8.97. The van der Waals surface area contributed by atoms with E-state index in [4.69, 9.17) is 17.0 Å². The maximum absolute atomic E-state index is 12.8. The van der Waals surface area contributed by atoms with E-state index in [2.05, 4.69) is 10.3 Å². The number of thiocarbonyl (C=S) groups is 1. The minimum Gasteiger partial charge on any atom is -0.462 e. The highest BCUT2D eigenvalue weighted by Gasteiger charge is 2.38. The predicted octanol–water partition coefficient (Wildman–Crippen LogP) is 2.63. The molecule has 1 saturated heterocycles. The molecule has 0 aromatic heterocycles. The van der Waals surface area contributed by atoms with Crippen LogP contribution in [0.15, 0.2) is 59.6 Å². The summed E-state index contributed by atoms with van der Waals surface area (Å²) in [4.78, 5) is 42.2. The SMILES string of the molecule is CCOC(=O)c1ccc(N=C[C@@H]2C(=O)NC(=S)N(c3ccccc3)C2=O)cc1. The molecule has 0 radical (unpaired) electrons. The fourth-order valence-corrected chi connectivity index (χ4v) is 2.90. The Balaban J connectivity index is 1.78. The summed E-state index contributed by atoms with van der Waals surface area (Å²) in [6, 6.07) is 15.2. The number of ether oxygens (including phenoxy) is 1. The van der Waals surface area contributed by atoms with Crippen molar-refractivity contribution in [3.63, 3.8) is 0 Å². The summed E-state index contributed by atoms with van der Waals surface area (Å²) in [5.41, 5.74) is 1.45. The third-order valence-electron chi connectivity index (χ3n) is 3.97. The zero-order chi connectivity index (χ0) is 20.1. The molecule has 28 heavy (non-hydrogen) atoms. The van der Waals surface area contributed by atoms with Crippen molar-refractivity contribution >= 4 is 52.7 Å². The maximum Gasteiger partial charge on any atom is 0.338 e. The van der Waals surface area contributed by atoms with Gasteiger partial charge in [-0.3, -0.25) is 19.5 Å². The standard InChI is InChI=1S/C20H17N3O4S/c1-2-27-19(26)13-8-10-14(11-9-13)21-12-16-17(24)22-20(28)23(18(16)25)15-6-4-3-5-7-15/h3-12,16H,2H2,1H3,(H,22,24,28)/t16-/m1/s1. The van der Waals surface area contributed by atoms with Gasteiger partial charge >= 0.3 is 5.97 Å². The van der Waals surface area contributed by atoms with Crippen LogP contribution in [0.25, 0.3) is 0 Å². The predicted molar refractivity (Wildman–Crippen MR) is 109 cm³/mol. The van der Waals surface area contributed by atoms with E-state index < -0.39 is 23.7 Å². The molecule has 2 amide bonds. The van der Waals surface area contributed by atoms with Crippen LogP contribution in [0, 0.1) is 5.92 Å². The smallest absolute Gasteiger partial charge is 0.338 e. The molecule has 2 aromatic rings. The summed E-state index contributed by atoms with van der Waals surface area (Å²) in [7, 11) is 0. The lowest BCUT2D eigenvalue weighted by Gasteiger charge is -2.30. The van der Waals surface area contributed by atoms with Crippen LogP contribution in [0.4, 0.5) is 11.4 Å². The fourth-order valence-electron chi connectivity index (χ4n) is 2.60. The van der Waals surface area contributed by atoms with Crippen LogP contribution in [0.1, 0.15) is 17.3 Å². The number of esters is 1. The Morgan fingerprint density at radius 1 is 1.18 bits per heavy atom. The molecule has 1 heterocycles. The van der Waals surface area contributed by atoms with E-state index in [9.17, 15) is 14.4 Å². The molecule has 1 aliphatic heterocycles. The number of aliphatic imine (C=N–C) groups is 1. The van der Waals surface area contributed by atoms with Gasteiger partial charge in [-0.1, -0.05) is 18.2 Å². The number of rotatable bonds is 5. The average Bonchev–Trinajstić information content (AvgIpc) is 2.69. The van der Waals surface area contributed by atoms with E-state index >= 15 is 0 Å². The van der Waals surface area contributed by atoms with Crippen molar-refractivity contribution in [2.75, 3.05) is 11.5 Å². The van der Waals surface area contributed by atoms with Gasteiger partial charge in [-0.2, -0.15) is 0 Å². The summed E-state index contributed by atoms with van der Waals surface area (Å²) < 4.78 is 4.92. The van der Waals surface area contributed by atoms with Gasteiger partial charge in [-0.15, -0.1) is 0 Å². The van der Waals surface area contributed by atoms with Crippen molar-refractivity contribution in [3.05, 3.63) is 60.2 Å². The number of hydrogen-bond donors (Lipinski definition) is 1. The third kappa shape index (κ3) is 4.12. The van der Waals surface area contributed by atoms with Gasteiger partial charge in [0.2, 0.25) is 5.91 Å². The molecular formula is C20H17N3O4S. The summed E-state index contributed by atoms with van der Waals surface area (Å²) in [5.74, 6) is -2.55. The average molecular weight is 395 g/mol. The molecule has 1 aliphatic rings. The van der Waals surface area contributed by atoms with Gasteiger partial charge < -0.3 is 10.1 Å². The number of nitrogens with zero attached hydrogens (tertiary/aromatic N) is 2. The number of amides is 2. The molecule has 0 unspecified atom stereocenters. The van der Waals surface area contributed by atoms with Crippen LogP contribution < -0.4 is 10.2 Å². The number of carbonyl (C=O) groups excluding carboxylic acids is 3. The second kappa shape index (κ2) is 8.53. The summed E-state index contributed by atoms with van der Waals surface area (Å²) in [6.45, 7) is 2.02. The molecule has 1 fully saturated rings. The highest BCUT2D eigenvalue weighted by atomic mass is 32.1. The number of para-hydroxylation sites is 1. The Morgan fingerprint density at radius 2 is 1.86 bits per heavy atom. The first-order valence-electron chi connectivity index (χ1n) is 8.56. The van der Waals surface area contributed by atoms with Crippen molar-refractivity contribution in [1.29, 1.82) is 0 Å². The van der Waals surface area contributed by atoms with Crippen molar-refractivity contribution in [2.45, 2.75) is 6.92 Å². The number of carbonyl (C=O) groups is 3. The lowest BCUT2D eigenvalue weighted by Crippen LogP contribution is -2.58. The molecule has 3 rings (SSSR count). The molecule has 1 atom stereocenters. The van der Waals surface area contributed by atoms with Crippen molar-refractivity contribution in [2.24, 2.45) is 10.9 Å². The normalized spacial score (nSPS) is 17.0. The Bertz CT molecular complexity index is 942. The van der Waals surface area contributed by atoms with Crippen molar-refractivity contribution < 1.29 is 19.1 Å². The number of benzene rings is 2. The molecule has 2 aromatic carbocycles. The number of nitrogens with one attached hydrogen (secondary N) is 1. The summed E-state index contributed by atoms with van der Waals surface area (Å²) >= 11 is 5.14. The first kappa shape index (κ1) is 19.4.